The zero-order valence-corrected chi connectivity index (χ0v) is 19.7. The minimum Gasteiger partial charge on any atom is -0.379 e. The second-order valence-electron chi connectivity index (χ2n) is 8.42. The third kappa shape index (κ3) is 4.72. The monoisotopic (exact) mass is 480 g/mol. The van der Waals surface area contributed by atoms with Crippen LogP contribution < -0.4 is 10.2 Å². The number of amides is 2. The molecule has 34 heavy (non-hydrogen) atoms. The van der Waals surface area contributed by atoms with Crippen molar-refractivity contribution in [1.29, 1.82) is 0 Å². The van der Waals surface area contributed by atoms with Crippen LogP contribution in [0, 0.1) is 12.7 Å². The number of halogens is 1. The summed E-state index contributed by atoms with van der Waals surface area (Å²) in [6, 6.07) is 11.7. The highest BCUT2D eigenvalue weighted by Gasteiger charge is 2.26. The van der Waals surface area contributed by atoms with Crippen LogP contribution in [0.1, 0.15) is 20.8 Å². The molecular weight excluding hydrogens is 455 g/mol. The predicted molar refractivity (Wildman–Crippen MR) is 130 cm³/mol. The van der Waals surface area contributed by atoms with Crippen LogP contribution in [-0.2, 0) is 16.0 Å². The van der Waals surface area contributed by atoms with Crippen LogP contribution in [0.5, 0.6) is 0 Å². The first-order valence-electron chi connectivity index (χ1n) is 11.3. The molecule has 1 fully saturated rings. The fourth-order valence-electron chi connectivity index (χ4n) is 4.38. The summed E-state index contributed by atoms with van der Waals surface area (Å²) in [5, 5.41) is 3.50. The van der Waals surface area contributed by atoms with Gasteiger partial charge in [-0.05, 0) is 49.2 Å². The lowest BCUT2D eigenvalue weighted by atomic mass is 10.1. The van der Waals surface area contributed by atoms with Crippen molar-refractivity contribution in [3.63, 3.8) is 0 Å². The molecule has 1 aromatic heterocycles. The number of nitrogens with one attached hydrogen (secondary N) is 1. The van der Waals surface area contributed by atoms with Crippen molar-refractivity contribution < 1.29 is 18.7 Å². The van der Waals surface area contributed by atoms with Gasteiger partial charge in [0.1, 0.15) is 5.82 Å². The van der Waals surface area contributed by atoms with Gasteiger partial charge in [0.25, 0.3) is 5.91 Å². The van der Waals surface area contributed by atoms with E-state index in [2.05, 4.69) is 21.3 Å². The molecule has 0 radical (unpaired) electrons. The number of aryl methyl sites for hydroxylation is 1. The van der Waals surface area contributed by atoms with Crippen molar-refractivity contribution in [3.8, 4) is 11.3 Å². The molecule has 2 aromatic carbocycles. The Labute approximate surface area is 201 Å². The van der Waals surface area contributed by atoms with Crippen LogP contribution in [0.15, 0.2) is 42.5 Å². The molecule has 176 valence electrons. The minimum absolute atomic E-state index is 0.0809. The zero-order valence-electron chi connectivity index (χ0n) is 18.8. The SMILES string of the molecule is Cc1sc(NC(=O)CN2CCOCC2)nc1-c1ccc2c(c1)CCN2C(=O)c1cccc(F)c1. The molecule has 3 aromatic rings. The molecule has 5 rings (SSSR count). The van der Waals surface area contributed by atoms with Crippen LogP contribution in [0.3, 0.4) is 0 Å². The van der Waals surface area contributed by atoms with Gasteiger partial charge in [0, 0.05) is 41.3 Å². The van der Waals surface area contributed by atoms with Gasteiger partial charge in [-0.25, -0.2) is 9.37 Å². The first kappa shape index (κ1) is 22.6. The zero-order chi connectivity index (χ0) is 23.7. The molecule has 1 saturated heterocycles. The summed E-state index contributed by atoms with van der Waals surface area (Å²) in [4.78, 5) is 34.8. The maximum Gasteiger partial charge on any atom is 0.258 e. The average Bonchev–Trinajstić information content (AvgIpc) is 3.41. The van der Waals surface area contributed by atoms with Crippen LogP contribution in [0.4, 0.5) is 15.2 Å². The Morgan fingerprint density at radius 3 is 2.76 bits per heavy atom. The summed E-state index contributed by atoms with van der Waals surface area (Å²) >= 11 is 1.45. The van der Waals surface area contributed by atoms with Crippen LogP contribution in [-0.4, -0.2) is 61.1 Å². The molecule has 2 aliphatic rings. The van der Waals surface area contributed by atoms with Gasteiger partial charge in [0.05, 0.1) is 25.5 Å². The number of hydrogen-bond donors (Lipinski definition) is 1. The molecule has 9 heteroatoms. The van der Waals surface area contributed by atoms with Gasteiger partial charge in [-0.3, -0.25) is 14.5 Å². The van der Waals surface area contributed by atoms with Crippen LogP contribution in [0.2, 0.25) is 0 Å². The third-order valence-electron chi connectivity index (χ3n) is 6.08. The first-order chi connectivity index (χ1) is 16.5. The number of aromatic nitrogens is 1. The number of anilines is 2. The first-order valence-corrected chi connectivity index (χ1v) is 12.1. The van der Waals surface area contributed by atoms with E-state index < -0.39 is 5.82 Å². The molecule has 0 spiro atoms. The molecule has 0 bridgehead atoms. The van der Waals surface area contributed by atoms with Gasteiger partial charge in [0.15, 0.2) is 5.13 Å². The fourth-order valence-corrected chi connectivity index (χ4v) is 5.23. The molecule has 1 N–H and O–H groups in total. The summed E-state index contributed by atoms with van der Waals surface area (Å²) in [6.45, 7) is 5.66. The van der Waals surface area contributed by atoms with E-state index in [1.165, 1.54) is 23.5 Å². The van der Waals surface area contributed by atoms with E-state index >= 15 is 0 Å². The molecule has 0 saturated carbocycles. The number of carbonyl (C=O) groups is 2. The number of fused-ring (bicyclic) bond motifs is 1. The summed E-state index contributed by atoms with van der Waals surface area (Å²) < 4.78 is 18.9. The summed E-state index contributed by atoms with van der Waals surface area (Å²) in [7, 11) is 0. The predicted octanol–water partition coefficient (Wildman–Crippen LogP) is 3.73. The van der Waals surface area contributed by atoms with Gasteiger partial charge >= 0.3 is 0 Å². The number of ether oxygens (including phenoxy) is 1. The Morgan fingerprint density at radius 2 is 1.97 bits per heavy atom. The lowest BCUT2D eigenvalue weighted by Crippen LogP contribution is -2.41. The highest BCUT2D eigenvalue weighted by Crippen LogP contribution is 2.36. The van der Waals surface area contributed by atoms with Gasteiger partial charge in [-0.2, -0.15) is 0 Å². The van der Waals surface area contributed by atoms with Gasteiger partial charge in [-0.15, -0.1) is 11.3 Å². The molecule has 2 amide bonds. The van der Waals surface area contributed by atoms with Crippen LogP contribution >= 0.6 is 11.3 Å². The van der Waals surface area contributed by atoms with Crippen molar-refractivity contribution in [3.05, 3.63) is 64.3 Å². The number of nitrogens with zero attached hydrogens (tertiary/aromatic N) is 3. The smallest absolute Gasteiger partial charge is 0.258 e. The Bertz CT molecular complexity index is 1240. The summed E-state index contributed by atoms with van der Waals surface area (Å²) in [6.07, 6.45) is 0.719. The van der Waals surface area contributed by atoms with Crippen molar-refractivity contribution >= 4 is 34.0 Å². The molecule has 0 aliphatic carbocycles. The molecule has 3 heterocycles. The average molecular weight is 481 g/mol. The lowest BCUT2D eigenvalue weighted by Gasteiger charge is -2.25. The number of thiazole rings is 1. The van der Waals surface area contributed by atoms with Gasteiger partial charge < -0.3 is 15.0 Å². The number of carbonyl (C=O) groups excluding carboxylic acids is 2. The number of hydrogen-bond acceptors (Lipinski definition) is 6. The van der Waals surface area contributed by atoms with E-state index in [-0.39, 0.29) is 11.8 Å². The summed E-state index contributed by atoms with van der Waals surface area (Å²) in [5.41, 5.74) is 3.99. The van der Waals surface area contributed by atoms with Crippen molar-refractivity contribution in [2.24, 2.45) is 0 Å². The quantitative estimate of drug-likeness (QED) is 0.602. The topological polar surface area (TPSA) is 74.8 Å². The minimum atomic E-state index is -0.424. The van der Waals surface area contributed by atoms with E-state index in [4.69, 9.17) is 4.74 Å². The number of morpholine rings is 1. The Morgan fingerprint density at radius 1 is 1.15 bits per heavy atom. The van der Waals surface area contributed by atoms with E-state index in [1.807, 2.05) is 19.1 Å². The lowest BCUT2D eigenvalue weighted by molar-refractivity contribution is -0.118. The second-order valence-corrected chi connectivity index (χ2v) is 9.62. The molecule has 7 nitrogen and oxygen atoms in total. The Hall–Kier alpha value is -3.14. The fraction of sp³-hybridized carbons (Fsp3) is 0.320. The van der Waals surface area contributed by atoms with Crippen LogP contribution in [0.25, 0.3) is 11.3 Å². The third-order valence-corrected chi connectivity index (χ3v) is 6.97. The molecule has 2 aliphatic heterocycles. The van der Waals surface area contributed by atoms with Gasteiger partial charge in [0.2, 0.25) is 5.91 Å². The Kier molecular flexibility index (Phi) is 6.40. The highest BCUT2D eigenvalue weighted by atomic mass is 32.1. The van der Waals surface area contributed by atoms with Crippen molar-refractivity contribution in [1.82, 2.24) is 9.88 Å². The van der Waals surface area contributed by atoms with E-state index in [1.54, 1.807) is 17.0 Å². The van der Waals surface area contributed by atoms with E-state index in [0.29, 0.717) is 37.0 Å². The second kappa shape index (κ2) is 9.61. The van der Waals surface area contributed by atoms with Gasteiger partial charge in [-0.1, -0.05) is 12.1 Å². The molecule has 0 unspecified atom stereocenters. The van der Waals surface area contributed by atoms with E-state index in [9.17, 15) is 14.0 Å². The normalized spacial score (nSPS) is 15.9. The summed E-state index contributed by atoms with van der Waals surface area (Å²) in [5.74, 6) is -0.712. The highest BCUT2D eigenvalue weighted by molar-refractivity contribution is 7.16. The van der Waals surface area contributed by atoms with E-state index in [0.717, 1.165) is 46.9 Å². The molecule has 0 atom stereocenters. The Balaban J connectivity index is 1.30. The largest absolute Gasteiger partial charge is 0.379 e. The standard InChI is InChI=1S/C25H25FN4O3S/c1-16-23(28-25(34-16)27-22(31)15-29-9-11-33-12-10-29)18-5-6-21-17(13-18)7-8-30(21)24(32)19-3-2-4-20(26)14-19/h2-6,13-14H,7-12,15H2,1H3,(H,27,28,31). The van der Waals surface area contributed by atoms with Crippen molar-refractivity contribution in [2.75, 3.05) is 49.6 Å². The number of benzene rings is 2. The maximum atomic E-state index is 13.6. The maximum absolute atomic E-state index is 13.6. The molecular formula is C25H25FN4O3S. The number of rotatable bonds is 5. The van der Waals surface area contributed by atoms with Crippen molar-refractivity contribution in [2.45, 2.75) is 13.3 Å².